The van der Waals surface area contributed by atoms with Crippen molar-refractivity contribution >= 4 is 0 Å². The predicted molar refractivity (Wildman–Crippen MR) is 77.2 cm³/mol. The third kappa shape index (κ3) is 2.75. The number of ether oxygens (including phenoxy) is 2. The van der Waals surface area contributed by atoms with Gasteiger partial charge < -0.3 is 14.6 Å². The van der Waals surface area contributed by atoms with E-state index in [1.165, 1.54) is 0 Å². The number of hydrogen-bond acceptors (Lipinski definition) is 4. The minimum Gasteiger partial charge on any atom is -0.493 e. The summed E-state index contributed by atoms with van der Waals surface area (Å²) in [5, 5.41) is 10.6. The summed E-state index contributed by atoms with van der Waals surface area (Å²) < 4.78 is 10.6. The fourth-order valence-electron chi connectivity index (χ4n) is 2.26. The van der Waals surface area contributed by atoms with Crippen molar-refractivity contribution in [1.29, 1.82) is 0 Å². The van der Waals surface area contributed by atoms with Crippen LogP contribution in [0.3, 0.4) is 0 Å². The first-order valence-electron chi connectivity index (χ1n) is 6.48. The molecule has 0 fully saturated rings. The summed E-state index contributed by atoms with van der Waals surface area (Å²) in [4.78, 5) is 3.99. The molecule has 2 aromatic rings. The van der Waals surface area contributed by atoms with E-state index in [0.29, 0.717) is 11.5 Å². The van der Waals surface area contributed by atoms with E-state index in [-0.39, 0.29) is 5.92 Å². The van der Waals surface area contributed by atoms with E-state index in [1.54, 1.807) is 26.6 Å². The van der Waals surface area contributed by atoms with Crippen LogP contribution in [0.25, 0.3) is 0 Å². The highest BCUT2D eigenvalue weighted by molar-refractivity contribution is 5.48. The van der Waals surface area contributed by atoms with Gasteiger partial charge in [-0.3, -0.25) is 4.98 Å². The lowest BCUT2D eigenvalue weighted by Crippen LogP contribution is -2.09. The van der Waals surface area contributed by atoms with Gasteiger partial charge in [-0.2, -0.15) is 0 Å². The van der Waals surface area contributed by atoms with Crippen molar-refractivity contribution in [2.24, 2.45) is 0 Å². The quantitative estimate of drug-likeness (QED) is 0.910. The number of nitrogens with zero attached hydrogens (tertiary/aromatic N) is 1. The minimum absolute atomic E-state index is 0.0704. The highest BCUT2D eigenvalue weighted by atomic mass is 16.5. The first-order chi connectivity index (χ1) is 9.69. The highest BCUT2D eigenvalue weighted by Crippen LogP contribution is 2.39. The number of hydrogen-bond donors (Lipinski definition) is 1. The normalized spacial score (nSPS) is 13.6. The van der Waals surface area contributed by atoms with E-state index in [0.717, 1.165) is 11.1 Å². The van der Waals surface area contributed by atoms with Crippen LogP contribution in [-0.2, 0) is 0 Å². The zero-order valence-electron chi connectivity index (χ0n) is 11.9. The third-order valence-corrected chi connectivity index (χ3v) is 3.46. The number of para-hydroxylation sites is 1. The predicted octanol–water partition coefficient (Wildman–Crippen LogP) is 2.94. The topological polar surface area (TPSA) is 51.6 Å². The van der Waals surface area contributed by atoms with Gasteiger partial charge in [0.05, 0.1) is 20.3 Å². The average molecular weight is 273 g/mol. The van der Waals surface area contributed by atoms with Gasteiger partial charge in [0.1, 0.15) is 0 Å². The molecule has 0 spiro atoms. The van der Waals surface area contributed by atoms with Gasteiger partial charge >= 0.3 is 0 Å². The molecule has 4 heteroatoms. The molecule has 2 atom stereocenters. The molecule has 0 aliphatic carbocycles. The number of methoxy groups -OCH3 is 2. The van der Waals surface area contributed by atoms with Gasteiger partial charge in [0.15, 0.2) is 11.5 Å². The molecule has 0 amide bonds. The summed E-state index contributed by atoms with van der Waals surface area (Å²) in [5.74, 6) is 1.12. The van der Waals surface area contributed by atoms with Crippen LogP contribution in [0.5, 0.6) is 11.5 Å². The number of aromatic nitrogens is 1. The van der Waals surface area contributed by atoms with E-state index >= 15 is 0 Å². The Morgan fingerprint density at radius 2 is 1.75 bits per heavy atom. The Kier molecular flexibility index (Phi) is 4.58. The van der Waals surface area contributed by atoms with Crippen molar-refractivity contribution < 1.29 is 14.6 Å². The summed E-state index contributed by atoms with van der Waals surface area (Å²) in [6.07, 6.45) is 2.77. The molecule has 1 N–H and O–H groups in total. The van der Waals surface area contributed by atoms with Crippen LogP contribution in [0.4, 0.5) is 0 Å². The molecule has 0 bridgehead atoms. The molecule has 0 radical (unpaired) electrons. The zero-order valence-corrected chi connectivity index (χ0v) is 11.9. The Bertz CT molecular complexity index is 557. The number of rotatable bonds is 5. The Morgan fingerprint density at radius 1 is 1.05 bits per heavy atom. The molecule has 0 aliphatic rings. The van der Waals surface area contributed by atoms with Gasteiger partial charge in [0.2, 0.25) is 0 Å². The van der Waals surface area contributed by atoms with E-state index in [2.05, 4.69) is 4.98 Å². The fourth-order valence-corrected chi connectivity index (χ4v) is 2.26. The highest BCUT2D eigenvalue weighted by Gasteiger charge is 2.23. The summed E-state index contributed by atoms with van der Waals surface area (Å²) in [6, 6.07) is 9.32. The monoisotopic (exact) mass is 273 g/mol. The molecule has 1 heterocycles. The van der Waals surface area contributed by atoms with E-state index in [4.69, 9.17) is 9.47 Å². The zero-order chi connectivity index (χ0) is 14.5. The molecule has 0 saturated heterocycles. The van der Waals surface area contributed by atoms with Gasteiger partial charge in [-0.1, -0.05) is 19.1 Å². The van der Waals surface area contributed by atoms with E-state index in [9.17, 15) is 5.11 Å². The third-order valence-electron chi connectivity index (χ3n) is 3.46. The van der Waals surface area contributed by atoms with Crippen molar-refractivity contribution in [3.63, 3.8) is 0 Å². The van der Waals surface area contributed by atoms with E-state index in [1.807, 2.05) is 37.3 Å². The standard InChI is InChI=1S/C16H19NO3/c1-11(12-7-9-17-10-8-12)15(18)13-5-4-6-14(19-2)16(13)20-3/h4-11,15,18H,1-3H3. The number of aliphatic hydroxyl groups excluding tert-OH is 1. The lowest BCUT2D eigenvalue weighted by Gasteiger charge is -2.22. The van der Waals surface area contributed by atoms with Crippen LogP contribution in [0.1, 0.15) is 30.1 Å². The largest absolute Gasteiger partial charge is 0.493 e. The molecule has 1 aromatic carbocycles. The van der Waals surface area contributed by atoms with Crippen LogP contribution < -0.4 is 9.47 Å². The molecule has 2 unspecified atom stereocenters. The van der Waals surface area contributed by atoms with Crippen molar-refractivity contribution in [3.05, 3.63) is 53.9 Å². The second kappa shape index (κ2) is 6.39. The Hall–Kier alpha value is -2.07. The fraction of sp³-hybridized carbons (Fsp3) is 0.312. The first-order valence-corrected chi connectivity index (χ1v) is 6.48. The summed E-state index contributed by atoms with van der Waals surface area (Å²) in [6.45, 7) is 1.97. The molecule has 20 heavy (non-hydrogen) atoms. The van der Waals surface area contributed by atoms with Crippen LogP contribution >= 0.6 is 0 Å². The number of aliphatic hydroxyl groups is 1. The Labute approximate surface area is 119 Å². The van der Waals surface area contributed by atoms with Crippen LogP contribution in [0.2, 0.25) is 0 Å². The smallest absolute Gasteiger partial charge is 0.166 e. The second-order valence-electron chi connectivity index (χ2n) is 4.60. The summed E-state index contributed by atoms with van der Waals surface area (Å²) in [7, 11) is 3.16. The Morgan fingerprint density at radius 3 is 2.35 bits per heavy atom. The van der Waals surface area contributed by atoms with Gasteiger partial charge in [-0.05, 0) is 23.8 Å². The van der Waals surface area contributed by atoms with Crippen molar-refractivity contribution in [2.45, 2.75) is 18.9 Å². The summed E-state index contributed by atoms with van der Waals surface area (Å²) >= 11 is 0. The van der Waals surface area contributed by atoms with Crippen LogP contribution in [0.15, 0.2) is 42.7 Å². The van der Waals surface area contributed by atoms with Crippen molar-refractivity contribution in [2.75, 3.05) is 14.2 Å². The van der Waals surface area contributed by atoms with Gasteiger partial charge in [0.25, 0.3) is 0 Å². The maximum atomic E-state index is 10.6. The molecule has 0 saturated carbocycles. The second-order valence-corrected chi connectivity index (χ2v) is 4.60. The molecule has 106 valence electrons. The van der Waals surface area contributed by atoms with Gasteiger partial charge in [0, 0.05) is 23.9 Å². The van der Waals surface area contributed by atoms with Crippen LogP contribution in [-0.4, -0.2) is 24.3 Å². The lowest BCUT2D eigenvalue weighted by molar-refractivity contribution is 0.147. The van der Waals surface area contributed by atoms with E-state index < -0.39 is 6.10 Å². The van der Waals surface area contributed by atoms with Crippen LogP contribution in [0, 0.1) is 0 Å². The molecule has 1 aromatic heterocycles. The number of pyridine rings is 1. The SMILES string of the molecule is COc1cccc(C(O)C(C)c2ccncc2)c1OC. The maximum absolute atomic E-state index is 10.6. The van der Waals surface area contributed by atoms with Crippen molar-refractivity contribution in [3.8, 4) is 11.5 Å². The molecule has 4 nitrogen and oxygen atoms in total. The van der Waals surface area contributed by atoms with Gasteiger partial charge in [-0.15, -0.1) is 0 Å². The molecule has 2 rings (SSSR count). The molecular formula is C16H19NO3. The lowest BCUT2D eigenvalue weighted by atomic mass is 9.91. The van der Waals surface area contributed by atoms with Crippen molar-refractivity contribution in [1.82, 2.24) is 4.98 Å². The average Bonchev–Trinajstić information content (AvgIpc) is 2.53. The first kappa shape index (κ1) is 14.3. The minimum atomic E-state index is -0.678. The van der Waals surface area contributed by atoms with Gasteiger partial charge in [-0.25, -0.2) is 0 Å². The summed E-state index contributed by atoms with van der Waals surface area (Å²) in [5.41, 5.74) is 1.74. The Balaban J connectivity index is 2.36. The molecule has 0 aliphatic heterocycles. The number of benzene rings is 1. The maximum Gasteiger partial charge on any atom is 0.166 e. The molecular weight excluding hydrogens is 254 g/mol.